The van der Waals surface area contributed by atoms with Gasteiger partial charge in [-0.25, -0.2) is 9.97 Å². The molecule has 2 fully saturated rings. The molecule has 1 atom stereocenters. The fourth-order valence-electron chi connectivity index (χ4n) is 4.11. The van der Waals surface area contributed by atoms with Crippen LogP contribution in [0.5, 0.6) is 0 Å². The van der Waals surface area contributed by atoms with E-state index in [4.69, 9.17) is 0 Å². The van der Waals surface area contributed by atoms with Gasteiger partial charge in [0.25, 0.3) is 0 Å². The molecule has 3 heterocycles. The summed E-state index contributed by atoms with van der Waals surface area (Å²) in [7, 11) is 0. The first-order valence-corrected chi connectivity index (χ1v) is 9.72. The molecular weight excluding hydrogens is 338 g/mol. The van der Waals surface area contributed by atoms with Crippen LogP contribution in [-0.4, -0.2) is 60.0 Å². The number of benzene rings is 1. The number of carbonyl (C=O) groups excluding carboxylic acids is 1. The summed E-state index contributed by atoms with van der Waals surface area (Å²) in [6, 6.07) is 10.0. The number of nitrogens with zero attached hydrogens (tertiary/aromatic N) is 5. The highest BCUT2D eigenvalue weighted by atomic mass is 16.2. The van der Waals surface area contributed by atoms with Crippen molar-refractivity contribution >= 4 is 17.4 Å². The molecule has 2 saturated heterocycles. The van der Waals surface area contributed by atoms with Crippen LogP contribution in [0, 0.1) is 19.8 Å². The highest BCUT2D eigenvalue weighted by molar-refractivity contribution is 5.95. The smallest absolute Gasteiger partial charge is 0.227 e. The van der Waals surface area contributed by atoms with Gasteiger partial charge in [0, 0.05) is 62.6 Å². The lowest BCUT2D eigenvalue weighted by Crippen LogP contribution is -2.48. The van der Waals surface area contributed by atoms with E-state index in [2.05, 4.69) is 26.7 Å². The van der Waals surface area contributed by atoms with Gasteiger partial charge in [-0.2, -0.15) is 0 Å². The Morgan fingerprint density at radius 3 is 2.52 bits per heavy atom. The van der Waals surface area contributed by atoms with Crippen molar-refractivity contribution in [2.75, 3.05) is 49.1 Å². The van der Waals surface area contributed by atoms with Crippen LogP contribution in [0.4, 0.5) is 11.5 Å². The molecule has 0 aliphatic carbocycles. The zero-order valence-electron chi connectivity index (χ0n) is 16.1. The third-order valence-electron chi connectivity index (χ3n) is 5.77. The van der Waals surface area contributed by atoms with Crippen LogP contribution in [-0.2, 0) is 4.79 Å². The third kappa shape index (κ3) is 3.81. The standard InChI is InChI=1S/C21H27N5O/c1-16-17(2)22-15-23-21(16)25-10-8-24(9-11-25)13-18-12-20(27)26(14-18)19-6-4-3-5-7-19/h3-7,15,18H,8-14H2,1-2H3/t18-/m1/s1. The van der Waals surface area contributed by atoms with E-state index in [0.29, 0.717) is 12.3 Å². The normalized spacial score (nSPS) is 21.1. The molecule has 0 radical (unpaired) electrons. The molecule has 1 aromatic heterocycles. The van der Waals surface area contributed by atoms with E-state index in [0.717, 1.165) is 56.5 Å². The molecule has 0 unspecified atom stereocenters. The van der Waals surface area contributed by atoms with Crippen LogP contribution in [0.2, 0.25) is 0 Å². The second-order valence-corrected chi connectivity index (χ2v) is 7.61. The van der Waals surface area contributed by atoms with Gasteiger partial charge in [-0.15, -0.1) is 0 Å². The lowest BCUT2D eigenvalue weighted by molar-refractivity contribution is -0.117. The maximum Gasteiger partial charge on any atom is 0.227 e. The van der Waals surface area contributed by atoms with Crippen LogP contribution in [0.1, 0.15) is 17.7 Å². The van der Waals surface area contributed by atoms with Crippen LogP contribution < -0.4 is 9.80 Å². The van der Waals surface area contributed by atoms with Crippen LogP contribution in [0.3, 0.4) is 0 Å². The van der Waals surface area contributed by atoms with E-state index < -0.39 is 0 Å². The molecule has 142 valence electrons. The Morgan fingerprint density at radius 1 is 1.04 bits per heavy atom. The summed E-state index contributed by atoms with van der Waals surface area (Å²) in [6.45, 7) is 9.92. The molecule has 0 saturated carbocycles. The molecule has 0 N–H and O–H groups in total. The first kappa shape index (κ1) is 17.9. The minimum absolute atomic E-state index is 0.247. The topological polar surface area (TPSA) is 52.6 Å². The minimum Gasteiger partial charge on any atom is -0.354 e. The molecular formula is C21H27N5O. The summed E-state index contributed by atoms with van der Waals surface area (Å²) in [5.74, 6) is 1.72. The van der Waals surface area contributed by atoms with Crippen molar-refractivity contribution in [1.82, 2.24) is 14.9 Å². The van der Waals surface area contributed by atoms with Gasteiger partial charge in [-0.3, -0.25) is 9.69 Å². The van der Waals surface area contributed by atoms with E-state index in [1.54, 1.807) is 6.33 Å². The molecule has 0 spiro atoms. The Bertz CT molecular complexity index is 801. The molecule has 2 aromatic rings. The second kappa shape index (κ2) is 7.64. The van der Waals surface area contributed by atoms with E-state index in [1.807, 2.05) is 42.2 Å². The highest BCUT2D eigenvalue weighted by Crippen LogP contribution is 2.26. The van der Waals surface area contributed by atoms with Crippen molar-refractivity contribution in [3.05, 3.63) is 47.9 Å². The summed E-state index contributed by atoms with van der Waals surface area (Å²) in [4.78, 5) is 28.0. The molecule has 6 nitrogen and oxygen atoms in total. The van der Waals surface area contributed by atoms with Gasteiger partial charge in [-0.1, -0.05) is 18.2 Å². The Balaban J connectivity index is 1.32. The second-order valence-electron chi connectivity index (χ2n) is 7.61. The molecule has 4 rings (SSSR count). The molecule has 1 amide bonds. The first-order valence-electron chi connectivity index (χ1n) is 9.72. The molecule has 1 aromatic carbocycles. The van der Waals surface area contributed by atoms with Crippen molar-refractivity contribution in [2.45, 2.75) is 20.3 Å². The number of para-hydroxylation sites is 1. The number of rotatable bonds is 4. The molecule has 2 aliphatic rings. The van der Waals surface area contributed by atoms with Gasteiger partial charge >= 0.3 is 0 Å². The number of hydrogen-bond donors (Lipinski definition) is 0. The average molecular weight is 365 g/mol. The Kier molecular flexibility index (Phi) is 5.07. The summed E-state index contributed by atoms with van der Waals surface area (Å²) < 4.78 is 0. The lowest BCUT2D eigenvalue weighted by atomic mass is 10.1. The van der Waals surface area contributed by atoms with E-state index >= 15 is 0 Å². The number of carbonyl (C=O) groups is 1. The largest absolute Gasteiger partial charge is 0.354 e. The first-order chi connectivity index (χ1) is 13.1. The fraction of sp³-hybridized carbons (Fsp3) is 0.476. The molecule has 27 heavy (non-hydrogen) atoms. The molecule has 0 bridgehead atoms. The minimum atomic E-state index is 0.247. The molecule has 6 heteroatoms. The van der Waals surface area contributed by atoms with Crippen molar-refractivity contribution in [3.63, 3.8) is 0 Å². The predicted molar refractivity (Wildman–Crippen MR) is 107 cm³/mol. The maximum absolute atomic E-state index is 12.4. The Morgan fingerprint density at radius 2 is 1.78 bits per heavy atom. The van der Waals surface area contributed by atoms with Crippen molar-refractivity contribution in [3.8, 4) is 0 Å². The van der Waals surface area contributed by atoms with Crippen LogP contribution >= 0.6 is 0 Å². The monoisotopic (exact) mass is 365 g/mol. The van der Waals surface area contributed by atoms with E-state index in [9.17, 15) is 4.79 Å². The zero-order valence-corrected chi connectivity index (χ0v) is 16.1. The SMILES string of the molecule is Cc1ncnc(N2CCN(C[C@H]3CC(=O)N(c4ccccc4)C3)CC2)c1C. The van der Waals surface area contributed by atoms with Gasteiger partial charge in [0.2, 0.25) is 5.91 Å². The summed E-state index contributed by atoms with van der Waals surface area (Å²) in [5, 5.41) is 0. The third-order valence-corrected chi connectivity index (χ3v) is 5.77. The van der Waals surface area contributed by atoms with Gasteiger partial charge in [0.1, 0.15) is 12.1 Å². The van der Waals surface area contributed by atoms with E-state index in [1.165, 1.54) is 5.56 Å². The number of anilines is 2. The fourth-order valence-corrected chi connectivity index (χ4v) is 4.11. The Labute approximate surface area is 160 Å². The predicted octanol–water partition coefficient (Wildman–Crippen LogP) is 2.27. The summed E-state index contributed by atoms with van der Waals surface area (Å²) in [6.07, 6.45) is 2.31. The Hall–Kier alpha value is -2.47. The lowest BCUT2D eigenvalue weighted by Gasteiger charge is -2.37. The van der Waals surface area contributed by atoms with Crippen molar-refractivity contribution in [1.29, 1.82) is 0 Å². The van der Waals surface area contributed by atoms with Gasteiger partial charge < -0.3 is 9.80 Å². The number of aryl methyl sites for hydroxylation is 1. The van der Waals surface area contributed by atoms with Crippen LogP contribution in [0.15, 0.2) is 36.7 Å². The maximum atomic E-state index is 12.4. The summed E-state index contributed by atoms with van der Waals surface area (Å²) in [5.41, 5.74) is 3.24. The quantitative estimate of drug-likeness (QED) is 0.832. The highest BCUT2D eigenvalue weighted by Gasteiger charge is 2.32. The van der Waals surface area contributed by atoms with Crippen molar-refractivity contribution < 1.29 is 4.79 Å². The number of piperazine rings is 1. The molecule has 2 aliphatic heterocycles. The zero-order chi connectivity index (χ0) is 18.8. The van der Waals surface area contributed by atoms with Gasteiger partial charge in [0.15, 0.2) is 0 Å². The number of hydrogen-bond acceptors (Lipinski definition) is 5. The van der Waals surface area contributed by atoms with Gasteiger partial charge in [-0.05, 0) is 31.9 Å². The van der Waals surface area contributed by atoms with Gasteiger partial charge in [0.05, 0.1) is 0 Å². The van der Waals surface area contributed by atoms with Crippen LogP contribution in [0.25, 0.3) is 0 Å². The number of aromatic nitrogens is 2. The summed E-state index contributed by atoms with van der Waals surface area (Å²) >= 11 is 0. The van der Waals surface area contributed by atoms with E-state index in [-0.39, 0.29) is 5.91 Å². The number of amides is 1. The average Bonchev–Trinajstić information content (AvgIpc) is 3.05. The van der Waals surface area contributed by atoms with Crippen molar-refractivity contribution in [2.24, 2.45) is 5.92 Å².